The molecule has 0 aliphatic rings. The highest BCUT2D eigenvalue weighted by molar-refractivity contribution is 5.86. The number of nitrogens with one attached hydrogen (secondary N) is 1. The summed E-state index contributed by atoms with van der Waals surface area (Å²) in [7, 11) is 0. The molecule has 0 bridgehead atoms. The van der Waals surface area contributed by atoms with Gasteiger partial charge in [-0.15, -0.1) is 0 Å². The largest absolute Gasteiger partial charge is 0.480 e. The van der Waals surface area contributed by atoms with E-state index in [4.69, 9.17) is 16.6 Å². The molecule has 0 spiro atoms. The molecule has 0 aromatic carbocycles. The maximum atomic E-state index is 10.4. The standard InChI is InChI=1S/C5H9N2O3/c6-2-3(8)1-4(7)5(9)10/h4,6H,1-2,7H2,(H,9,10). The number of hydrogen-bond donors (Lipinski definition) is 2. The highest BCUT2D eigenvalue weighted by Gasteiger charge is 2.14. The highest BCUT2D eigenvalue weighted by atomic mass is 16.4. The van der Waals surface area contributed by atoms with Crippen LogP contribution in [-0.2, 0) is 9.59 Å². The number of carboxylic acids is 1. The fourth-order valence-corrected chi connectivity index (χ4v) is 0.405. The van der Waals surface area contributed by atoms with E-state index in [1.807, 2.05) is 0 Å². The molecule has 0 saturated carbocycles. The average Bonchev–Trinajstić information content (AvgIpc) is 1.87. The normalized spacial score (nSPS) is 12.6. The fraction of sp³-hybridized carbons (Fsp3) is 0.600. The summed E-state index contributed by atoms with van der Waals surface area (Å²) >= 11 is 0. The second-order valence-electron chi connectivity index (χ2n) is 1.86. The lowest BCUT2D eigenvalue weighted by Gasteiger charge is -2.01. The van der Waals surface area contributed by atoms with E-state index in [2.05, 4.69) is 0 Å². The summed E-state index contributed by atoms with van der Waals surface area (Å²) in [4.78, 5) is 20.4. The van der Waals surface area contributed by atoms with Gasteiger partial charge in [-0.05, 0) is 0 Å². The molecule has 0 aromatic rings. The Morgan fingerprint density at radius 1 is 1.60 bits per heavy atom. The Morgan fingerprint density at radius 2 is 2.10 bits per heavy atom. The summed E-state index contributed by atoms with van der Waals surface area (Å²) in [5, 5.41) is 8.19. The van der Waals surface area contributed by atoms with Crippen molar-refractivity contribution in [3.8, 4) is 0 Å². The molecule has 1 radical (unpaired) electrons. The predicted octanol–water partition coefficient (Wildman–Crippen LogP) is -1.36. The molecule has 0 amide bonds. The van der Waals surface area contributed by atoms with E-state index < -0.39 is 24.3 Å². The van der Waals surface area contributed by atoms with Gasteiger partial charge in [0.2, 0.25) is 0 Å². The predicted molar refractivity (Wildman–Crippen MR) is 33.2 cm³/mol. The summed E-state index contributed by atoms with van der Waals surface area (Å²) in [5.41, 5.74) is 11.5. The topological polar surface area (TPSA) is 104 Å². The third-order valence-electron chi connectivity index (χ3n) is 0.962. The number of nitrogens with two attached hydrogens (primary N) is 1. The minimum atomic E-state index is -1.21. The van der Waals surface area contributed by atoms with Crippen molar-refractivity contribution in [1.82, 2.24) is 5.73 Å². The molecule has 0 aromatic heterocycles. The monoisotopic (exact) mass is 145 g/mol. The SMILES string of the molecule is [NH]CC(=O)CC(N)C(=O)O. The Labute approximate surface area is 58.0 Å². The van der Waals surface area contributed by atoms with E-state index in [9.17, 15) is 9.59 Å². The van der Waals surface area contributed by atoms with Gasteiger partial charge in [0.25, 0.3) is 0 Å². The Bertz CT molecular complexity index is 146. The summed E-state index contributed by atoms with van der Waals surface area (Å²) in [6.07, 6.45) is -0.251. The lowest BCUT2D eigenvalue weighted by atomic mass is 10.1. The van der Waals surface area contributed by atoms with Crippen LogP contribution in [0, 0.1) is 0 Å². The number of carbonyl (C=O) groups is 2. The van der Waals surface area contributed by atoms with Crippen molar-refractivity contribution in [2.75, 3.05) is 6.54 Å². The van der Waals surface area contributed by atoms with Crippen molar-refractivity contribution in [3.63, 3.8) is 0 Å². The van der Waals surface area contributed by atoms with Gasteiger partial charge in [-0.2, -0.15) is 0 Å². The summed E-state index contributed by atoms with van der Waals surface area (Å²) in [5.74, 6) is -1.66. The van der Waals surface area contributed by atoms with Gasteiger partial charge in [-0.1, -0.05) is 0 Å². The van der Waals surface area contributed by atoms with Crippen molar-refractivity contribution in [1.29, 1.82) is 0 Å². The zero-order chi connectivity index (χ0) is 8.15. The van der Waals surface area contributed by atoms with Crippen molar-refractivity contribution >= 4 is 11.8 Å². The lowest BCUT2D eigenvalue weighted by Crippen LogP contribution is -2.33. The highest BCUT2D eigenvalue weighted by Crippen LogP contribution is 1.88. The van der Waals surface area contributed by atoms with Crippen LogP contribution in [0.25, 0.3) is 0 Å². The fourth-order valence-electron chi connectivity index (χ4n) is 0.405. The van der Waals surface area contributed by atoms with E-state index in [-0.39, 0.29) is 6.42 Å². The Hall–Kier alpha value is -0.940. The van der Waals surface area contributed by atoms with Crippen LogP contribution >= 0.6 is 0 Å². The molecule has 10 heavy (non-hydrogen) atoms. The first kappa shape index (κ1) is 9.06. The number of rotatable bonds is 4. The maximum Gasteiger partial charge on any atom is 0.320 e. The minimum absolute atomic E-state index is 0.251. The van der Waals surface area contributed by atoms with Crippen molar-refractivity contribution in [2.45, 2.75) is 12.5 Å². The number of ketones is 1. The minimum Gasteiger partial charge on any atom is -0.480 e. The average molecular weight is 145 g/mol. The van der Waals surface area contributed by atoms with Crippen LogP contribution < -0.4 is 11.5 Å². The van der Waals surface area contributed by atoms with Crippen LogP contribution in [0.5, 0.6) is 0 Å². The molecule has 0 rings (SSSR count). The molecule has 57 valence electrons. The Morgan fingerprint density at radius 3 is 2.40 bits per heavy atom. The van der Waals surface area contributed by atoms with E-state index in [0.717, 1.165) is 0 Å². The first-order valence-corrected chi connectivity index (χ1v) is 2.72. The first-order valence-electron chi connectivity index (χ1n) is 2.72. The van der Waals surface area contributed by atoms with E-state index >= 15 is 0 Å². The third-order valence-corrected chi connectivity index (χ3v) is 0.962. The molecule has 0 aliphatic heterocycles. The first-order chi connectivity index (χ1) is 4.57. The van der Waals surface area contributed by atoms with Gasteiger partial charge in [0, 0.05) is 6.42 Å². The van der Waals surface area contributed by atoms with Crippen LogP contribution in [0.2, 0.25) is 0 Å². The smallest absolute Gasteiger partial charge is 0.320 e. The molecule has 1 atom stereocenters. The number of carboxylic acid groups (broad SMARTS) is 1. The van der Waals surface area contributed by atoms with E-state index in [1.54, 1.807) is 0 Å². The summed E-state index contributed by atoms with van der Waals surface area (Å²) in [6, 6.07) is -1.15. The van der Waals surface area contributed by atoms with Crippen molar-refractivity contribution in [2.24, 2.45) is 5.73 Å². The van der Waals surface area contributed by atoms with E-state index in [1.165, 1.54) is 0 Å². The van der Waals surface area contributed by atoms with Gasteiger partial charge in [0.1, 0.15) is 11.8 Å². The summed E-state index contributed by atoms with van der Waals surface area (Å²) < 4.78 is 0. The van der Waals surface area contributed by atoms with Gasteiger partial charge in [-0.25, -0.2) is 0 Å². The van der Waals surface area contributed by atoms with Gasteiger partial charge in [0.05, 0.1) is 6.54 Å². The van der Waals surface area contributed by atoms with Crippen molar-refractivity contribution < 1.29 is 14.7 Å². The van der Waals surface area contributed by atoms with Gasteiger partial charge in [0.15, 0.2) is 0 Å². The van der Waals surface area contributed by atoms with Gasteiger partial charge in [-0.3, -0.25) is 15.3 Å². The Kier molecular flexibility index (Phi) is 3.60. The van der Waals surface area contributed by atoms with Crippen LogP contribution in [-0.4, -0.2) is 29.4 Å². The lowest BCUT2D eigenvalue weighted by molar-refractivity contribution is -0.140. The molecular formula is C5H9N2O3. The van der Waals surface area contributed by atoms with E-state index in [0.29, 0.717) is 0 Å². The van der Waals surface area contributed by atoms with Crippen LogP contribution in [0.4, 0.5) is 0 Å². The third kappa shape index (κ3) is 3.16. The van der Waals surface area contributed by atoms with Crippen LogP contribution in [0.1, 0.15) is 6.42 Å². The second-order valence-corrected chi connectivity index (χ2v) is 1.86. The molecule has 0 aliphatic carbocycles. The molecular weight excluding hydrogens is 136 g/mol. The molecule has 1 unspecified atom stereocenters. The molecule has 5 nitrogen and oxygen atoms in total. The van der Waals surface area contributed by atoms with Gasteiger partial charge < -0.3 is 10.8 Å². The Balaban J connectivity index is 3.68. The number of Topliss-reactive ketones (excluding diaryl/α,β-unsaturated/α-hetero) is 1. The van der Waals surface area contributed by atoms with Crippen molar-refractivity contribution in [3.05, 3.63) is 0 Å². The summed E-state index contributed by atoms with van der Waals surface area (Å²) in [6.45, 7) is -0.402. The van der Waals surface area contributed by atoms with Crippen LogP contribution in [0.15, 0.2) is 0 Å². The molecule has 5 heteroatoms. The molecule has 0 heterocycles. The van der Waals surface area contributed by atoms with Gasteiger partial charge >= 0.3 is 5.97 Å². The molecule has 0 saturated heterocycles. The number of carbonyl (C=O) groups excluding carboxylic acids is 1. The number of aliphatic carboxylic acids is 1. The quantitative estimate of drug-likeness (QED) is 0.509. The second kappa shape index (κ2) is 3.97. The zero-order valence-corrected chi connectivity index (χ0v) is 5.33. The van der Waals surface area contributed by atoms with Crippen LogP contribution in [0.3, 0.4) is 0 Å². The molecule has 0 fully saturated rings. The maximum absolute atomic E-state index is 10.4. The number of hydrogen-bond acceptors (Lipinski definition) is 3. The molecule has 4 N–H and O–H groups in total. The zero-order valence-electron chi connectivity index (χ0n) is 5.33.